The van der Waals surface area contributed by atoms with Crippen molar-refractivity contribution in [1.82, 2.24) is 15.1 Å². The molecule has 0 bridgehead atoms. The Bertz CT molecular complexity index is 769. The molecule has 0 unspecified atom stereocenters. The van der Waals surface area contributed by atoms with Gasteiger partial charge in [0.15, 0.2) is 0 Å². The first kappa shape index (κ1) is 12.8. The third kappa shape index (κ3) is 2.42. The maximum atomic E-state index is 5.78. The Balaban J connectivity index is 2.04. The Kier molecular flexibility index (Phi) is 3.23. The Morgan fingerprint density at radius 3 is 2.80 bits per heavy atom. The van der Waals surface area contributed by atoms with Crippen LogP contribution in [0.15, 0.2) is 45.4 Å². The molecular formula is C14H11BrN4O. The number of rotatable bonds is 2. The van der Waals surface area contributed by atoms with Crippen LogP contribution in [0.4, 0.5) is 5.69 Å². The van der Waals surface area contributed by atoms with Crippen molar-refractivity contribution < 1.29 is 4.52 Å². The summed E-state index contributed by atoms with van der Waals surface area (Å²) in [6.07, 6.45) is 0. The zero-order valence-electron chi connectivity index (χ0n) is 10.7. The lowest BCUT2D eigenvalue weighted by molar-refractivity contribution is 0.432. The van der Waals surface area contributed by atoms with E-state index in [1.54, 1.807) is 12.1 Å². The van der Waals surface area contributed by atoms with Crippen molar-refractivity contribution >= 4 is 21.6 Å². The Morgan fingerprint density at radius 1 is 1.15 bits per heavy atom. The van der Waals surface area contributed by atoms with Gasteiger partial charge in [-0.1, -0.05) is 11.2 Å². The van der Waals surface area contributed by atoms with Crippen molar-refractivity contribution in [3.8, 4) is 23.0 Å². The summed E-state index contributed by atoms with van der Waals surface area (Å²) in [4.78, 5) is 8.74. The highest BCUT2D eigenvalue weighted by molar-refractivity contribution is 9.10. The molecule has 0 aliphatic carbocycles. The molecular weight excluding hydrogens is 320 g/mol. The Labute approximate surface area is 124 Å². The summed E-state index contributed by atoms with van der Waals surface area (Å²) < 4.78 is 6.14. The minimum atomic E-state index is 0.405. The average Bonchev–Trinajstić information content (AvgIpc) is 2.91. The van der Waals surface area contributed by atoms with Crippen LogP contribution >= 0.6 is 15.9 Å². The fourth-order valence-corrected chi connectivity index (χ4v) is 2.23. The van der Waals surface area contributed by atoms with E-state index in [0.29, 0.717) is 23.1 Å². The van der Waals surface area contributed by atoms with Crippen LogP contribution in [0.1, 0.15) is 5.69 Å². The summed E-state index contributed by atoms with van der Waals surface area (Å²) >= 11 is 3.45. The van der Waals surface area contributed by atoms with Gasteiger partial charge in [0, 0.05) is 15.9 Å². The molecule has 6 heteroatoms. The van der Waals surface area contributed by atoms with Gasteiger partial charge in [-0.15, -0.1) is 0 Å². The lowest BCUT2D eigenvalue weighted by Gasteiger charge is -1.99. The number of nitrogens with zero attached hydrogens (tertiary/aromatic N) is 3. The van der Waals surface area contributed by atoms with E-state index >= 15 is 0 Å². The first-order valence-electron chi connectivity index (χ1n) is 5.96. The van der Waals surface area contributed by atoms with E-state index in [9.17, 15) is 0 Å². The van der Waals surface area contributed by atoms with E-state index in [0.717, 1.165) is 15.7 Å². The van der Waals surface area contributed by atoms with E-state index < -0.39 is 0 Å². The molecule has 0 saturated heterocycles. The van der Waals surface area contributed by atoms with Gasteiger partial charge in [0.25, 0.3) is 5.89 Å². The molecule has 2 aromatic heterocycles. The van der Waals surface area contributed by atoms with Gasteiger partial charge in [0.1, 0.15) is 5.69 Å². The number of aryl methyl sites for hydroxylation is 1. The smallest absolute Gasteiger partial charge is 0.259 e. The highest BCUT2D eigenvalue weighted by Gasteiger charge is 2.14. The molecule has 0 saturated carbocycles. The molecule has 0 aliphatic heterocycles. The highest BCUT2D eigenvalue weighted by atomic mass is 79.9. The van der Waals surface area contributed by atoms with Gasteiger partial charge in [-0.25, -0.2) is 4.98 Å². The molecule has 0 aliphatic rings. The van der Waals surface area contributed by atoms with Crippen molar-refractivity contribution in [1.29, 1.82) is 0 Å². The largest absolute Gasteiger partial charge is 0.399 e. The first-order valence-corrected chi connectivity index (χ1v) is 6.76. The summed E-state index contributed by atoms with van der Waals surface area (Å²) in [6, 6.07) is 11.1. The number of nitrogens with two attached hydrogens (primary N) is 1. The van der Waals surface area contributed by atoms with E-state index in [-0.39, 0.29) is 0 Å². The number of benzene rings is 1. The van der Waals surface area contributed by atoms with Gasteiger partial charge in [0.2, 0.25) is 5.82 Å². The summed E-state index contributed by atoms with van der Waals surface area (Å²) in [5.74, 6) is 0.862. The number of pyridine rings is 1. The van der Waals surface area contributed by atoms with Crippen molar-refractivity contribution in [2.24, 2.45) is 0 Å². The van der Waals surface area contributed by atoms with Gasteiger partial charge < -0.3 is 10.3 Å². The summed E-state index contributed by atoms with van der Waals surface area (Å²) in [5, 5.41) is 3.96. The molecule has 0 radical (unpaired) electrons. The second-order valence-corrected chi connectivity index (χ2v) is 5.18. The van der Waals surface area contributed by atoms with Crippen LogP contribution < -0.4 is 5.73 Å². The molecule has 0 atom stereocenters. The molecule has 3 rings (SSSR count). The van der Waals surface area contributed by atoms with Crippen LogP contribution in [-0.4, -0.2) is 15.1 Å². The molecule has 0 spiro atoms. The van der Waals surface area contributed by atoms with Crippen molar-refractivity contribution in [3.63, 3.8) is 0 Å². The van der Waals surface area contributed by atoms with E-state index in [1.807, 2.05) is 31.2 Å². The molecule has 1 aromatic carbocycles. The number of halogens is 1. The monoisotopic (exact) mass is 330 g/mol. The maximum Gasteiger partial charge on any atom is 0.259 e. The number of hydrogen-bond donors (Lipinski definition) is 1. The molecule has 2 N–H and O–H groups in total. The van der Waals surface area contributed by atoms with Gasteiger partial charge in [0.05, 0.1) is 5.56 Å². The van der Waals surface area contributed by atoms with Crippen LogP contribution in [0, 0.1) is 6.92 Å². The number of hydrogen-bond acceptors (Lipinski definition) is 5. The Hall–Kier alpha value is -2.21. The van der Waals surface area contributed by atoms with Crippen LogP contribution in [0.3, 0.4) is 0 Å². The number of aromatic nitrogens is 3. The lowest BCUT2D eigenvalue weighted by Crippen LogP contribution is -1.89. The van der Waals surface area contributed by atoms with Crippen molar-refractivity contribution in [2.45, 2.75) is 6.92 Å². The average molecular weight is 331 g/mol. The quantitative estimate of drug-likeness (QED) is 0.728. The SMILES string of the molecule is Cc1cccc(-c2noc(-c3cc(N)ccc3Br)n2)n1. The molecule has 3 aromatic rings. The molecule has 20 heavy (non-hydrogen) atoms. The summed E-state index contributed by atoms with van der Waals surface area (Å²) in [6.45, 7) is 1.92. The van der Waals surface area contributed by atoms with Gasteiger partial charge in [-0.2, -0.15) is 4.98 Å². The van der Waals surface area contributed by atoms with Crippen molar-refractivity contribution in [2.75, 3.05) is 5.73 Å². The van der Waals surface area contributed by atoms with Crippen LogP contribution in [0.2, 0.25) is 0 Å². The zero-order valence-corrected chi connectivity index (χ0v) is 12.3. The molecule has 0 amide bonds. The van der Waals surface area contributed by atoms with E-state index in [2.05, 4.69) is 31.1 Å². The number of nitrogen functional groups attached to an aromatic ring is 1. The third-order valence-electron chi connectivity index (χ3n) is 2.76. The minimum absolute atomic E-state index is 0.405. The van der Waals surface area contributed by atoms with E-state index in [4.69, 9.17) is 10.3 Å². The Morgan fingerprint density at radius 2 is 2.00 bits per heavy atom. The standard InChI is InChI=1S/C14H11BrN4O/c1-8-3-2-4-12(17-8)13-18-14(20-19-13)10-7-9(16)5-6-11(10)15/h2-7H,16H2,1H3. The fourth-order valence-electron chi connectivity index (χ4n) is 1.81. The molecule has 0 fully saturated rings. The second kappa shape index (κ2) is 5.05. The van der Waals surface area contributed by atoms with Crippen LogP contribution in [-0.2, 0) is 0 Å². The molecule has 2 heterocycles. The van der Waals surface area contributed by atoms with Crippen LogP contribution in [0.5, 0.6) is 0 Å². The minimum Gasteiger partial charge on any atom is -0.399 e. The fraction of sp³-hybridized carbons (Fsp3) is 0.0714. The maximum absolute atomic E-state index is 5.78. The van der Waals surface area contributed by atoms with Gasteiger partial charge in [-0.05, 0) is 53.2 Å². The third-order valence-corrected chi connectivity index (χ3v) is 3.46. The molecule has 5 nitrogen and oxygen atoms in total. The predicted molar refractivity (Wildman–Crippen MR) is 79.8 cm³/mol. The zero-order chi connectivity index (χ0) is 14.1. The predicted octanol–water partition coefficient (Wildman–Crippen LogP) is 3.45. The summed E-state index contributed by atoms with van der Waals surface area (Å²) in [5.41, 5.74) is 8.76. The topological polar surface area (TPSA) is 77.8 Å². The van der Waals surface area contributed by atoms with Crippen LogP contribution in [0.25, 0.3) is 23.0 Å². The number of anilines is 1. The van der Waals surface area contributed by atoms with E-state index in [1.165, 1.54) is 0 Å². The highest BCUT2D eigenvalue weighted by Crippen LogP contribution is 2.30. The second-order valence-electron chi connectivity index (χ2n) is 4.33. The van der Waals surface area contributed by atoms with Crippen molar-refractivity contribution in [3.05, 3.63) is 46.6 Å². The normalized spacial score (nSPS) is 10.7. The van der Waals surface area contributed by atoms with Gasteiger partial charge in [-0.3, -0.25) is 0 Å². The van der Waals surface area contributed by atoms with Gasteiger partial charge >= 0.3 is 0 Å². The first-order chi connectivity index (χ1) is 9.63. The molecule has 100 valence electrons. The summed E-state index contributed by atoms with van der Waals surface area (Å²) in [7, 11) is 0. The lowest BCUT2D eigenvalue weighted by atomic mass is 10.2.